The van der Waals surface area contributed by atoms with Gasteiger partial charge >= 0.3 is 0 Å². The first-order valence-corrected chi connectivity index (χ1v) is 9.21. The minimum absolute atomic E-state index is 0.0783. The Morgan fingerprint density at radius 1 is 1.45 bits per heavy atom. The Hall–Kier alpha value is -4.33. The predicted octanol–water partition coefficient (Wildman–Crippen LogP) is 0.955. The Morgan fingerprint density at radius 2 is 2.29 bits per heavy atom. The van der Waals surface area contributed by atoms with Crippen molar-refractivity contribution >= 4 is 17.6 Å². The fraction of sp³-hybridized carbons (Fsp3) is 0.200. The van der Waals surface area contributed by atoms with Crippen LogP contribution >= 0.6 is 0 Å². The van der Waals surface area contributed by atoms with Crippen molar-refractivity contribution in [3.05, 3.63) is 65.1 Å². The molecular formula is C20H16FN7O3. The number of benzene rings is 1. The summed E-state index contributed by atoms with van der Waals surface area (Å²) in [5.41, 5.74) is 0.679. The monoisotopic (exact) mass is 421 g/mol. The number of nitrogens with one attached hydrogen (secondary N) is 2. The van der Waals surface area contributed by atoms with E-state index >= 15 is 0 Å². The van der Waals surface area contributed by atoms with Crippen LogP contribution in [0.2, 0.25) is 0 Å². The summed E-state index contributed by atoms with van der Waals surface area (Å²) in [6.07, 6.45) is 1.68. The third kappa shape index (κ3) is 4.18. The Balaban J connectivity index is 1.45. The van der Waals surface area contributed by atoms with Crippen LogP contribution in [0.5, 0.6) is 5.75 Å². The molecule has 11 heteroatoms. The molecule has 1 aromatic carbocycles. The number of carbonyl (C=O) groups excluding carboxylic acids is 2. The molecule has 0 spiro atoms. The summed E-state index contributed by atoms with van der Waals surface area (Å²) in [6, 6.07) is 8.20. The fourth-order valence-corrected chi connectivity index (χ4v) is 3.14. The van der Waals surface area contributed by atoms with E-state index < -0.39 is 23.7 Å². The van der Waals surface area contributed by atoms with E-state index in [1.165, 1.54) is 23.2 Å². The summed E-state index contributed by atoms with van der Waals surface area (Å²) in [5, 5.41) is 18.0. The number of rotatable bonds is 4. The summed E-state index contributed by atoms with van der Waals surface area (Å²) in [7, 11) is 1.54. The van der Waals surface area contributed by atoms with E-state index in [0.717, 1.165) is 6.07 Å². The van der Waals surface area contributed by atoms with Gasteiger partial charge in [-0.05, 0) is 35.9 Å². The van der Waals surface area contributed by atoms with Gasteiger partial charge < -0.3 is 10.1 Å². The number of ether oxygens (including phenoxy) is 1. The van der Waals surface area contributed by atoms with Gasteiger partial charge in [0.05, 0.1) is 11.6 Å². The van der Waals surface area contributed by atoms with Crippen molar-refractivity contribution in [2.45, 2.75) is 12.5 Å². The maximum atomic E-state index is 13.6. The topological polar surface area (TPSA) is 137 Å². The SMILES string of the molecule is CN1C(=O)[C@@H](NC(=O)c2n[nH]c(Cc3cc(F)cc(C#N)c3)n2)COc2cccnc21. The molecule has 0 bridgehead atoms. The zero-order valence-electron chi connectivity index (χ0n) is 16.3. The molecular weight excluding hydrogens is 405 g/mol. The molecule has 2 N–H and O–H groups in total. The lowest BCUT2D eigenvalue weighted by molar-refractivity contribution is -0.120. The van der Waals surface area contributed by atoms with Crippen LogP contribution in [0.1, 0.15) is 27.6 Å². The number of hydrogen-bond donors (Lipinski definition) is 2. The molecule has 1 atom stereocenters. The molecule has 1 aliphatic rings. The van der Waals surface area contributed by atoms with Crippen LogP contribution < -0.4 is 15.0 Å². The molecule has 3 heterocycles. The number of anilines is 1. The van der Waals surface area contributed by atoms with Gasteiger partial charge in [-0.3, -0.25) is 19.6 Å². The van der Waals surface area contributed by atoms with Crippen LogP contribution in [0.4, 0.5) is 10.2 Å². The molecule has 4 rings (SSSR count). The molecule has 0 fully saturated rings. The molecule has 31 heavy (non-hydrogen) atoms. The standard InChI is InChI=1S/C20H16FN7O3/c1-28-18-15(3-2-4-23-18)31-10-14(20(28)30)24-19(29)17-25-16(26-27-17)8-11-5-12(9-22)7-13(21)6-11/h2-7,14H,8,10H2,1H3,(H,24,29)(H,25,26,27)/t14-/m0/s1. The Morgan fingerprint density at radius 3 is 3.10 bits per heavy atom. The Labute approximate surface area is 175 Å². The van der Waals surface area contributed by atoms with Gasteiger partial charge in [-0.1, -0.05) is 0 Å². The van der Waals surface area contributed by atoms with Crippen molar-refractivity contribution in [2.75, 3.05) is 18.6 Å². The lowest BCUT2D eigenvalue weighted by Crippen LogP contribution is -2.49. The van der Waals surface area contributed by atoms with Crippen LogP contribution in [-0.4, -0.2) is 51.7 Å². The average molecular weight is 421 g/mol. The molecule has 0 saturated carbocycles. The minimum atomic E-state index is -0.963. The van der Waals surface area contributed by atoms with Gasteiger partial charge in [0.1, 0.15) is 24.3 Å². The summed E-state index contributed by atoms with van der Waals surface area (Å²) in [6.45, 7) is -0.0783. The molecule has 2 aromatic heterocycles. The number of hydrogen-bond acceptors (Lipinski definition) is 7. The molecule has 0 radical (unpaired) electrons. The second-order valence-electron chi connectivity index (χ2n) is 6.80. The van der Waals surface area contributed by atoms with E-state index in [1.807, 2.05) is 6.07 Å². The highest BCUT2D eigenvalue weighted by atomic mass is 19.1. The van der Waals surface area contributed by atoms with Gasteiger partial charge in [-0.15, -0.1) is 5.10 Å². The number of aromatic amines is 1. The third-order valence-corrected chi connectivity index (χ3v) is 4.60. The van der Waals surface area contributed by atoms with E-state index in [-0.39, 0.29) is 24.4 Å². The molecule has 1 aliphatic heterocycles. The highest BCUT2D eigenvalue weighted by molar-refractivity contribution is 6.01. The molecule has 2 amide bonds. The van der Waals surface area contributed by atoms with Crippen LogP contribution in [-0.2, 0) is 11.2 Å². The van der Waals surface area contributed by atoms with E-state index in [2.05, 4.69) is 25.5 Å². The maximum Gasteiger partial charge on any atom is 0.291 e. The smallest absolute Gasteiger partial charge is 0.291 e. The molecule has 156 valence electrons. The summed E-state index contributed by atoms with van der Waals surface area (Å²) >= 11 is 0. The van der Waals surface area contributed by atoms with Gasteiger partial charge in [0.2, 0.25) is 5.82 Å². The normalized spacial score (nSPS) is 15.5. The van der Waals surface area contributed by atoms with E-state index in [1.54, 1.807) is 19.2 Å². The third-order valence-electron chi connectivity index (χ3n) is 4.60. The lowest BCUT2D eigenvalue weighted by atomic mass is 10.1. The molecule has 0 aliphatic carbocycles. The highest BCUT2D eigenvalue weighted by Crippen LogP contribution is 2.27. The van der Waals surface area contributed by atoms with Crippen molar-refractivity contribution in [3.8, 4) is 11.8 Å². The first-order valence-electron chi connectivity index (χ1n) is 9.21. The minimum Gasteiger partial charge on any atom is -0.487 e. The first-order chi connectivity index (χ1) is 14.9. The van der Waals surface area contributed by atoms with Crippen molar-refractivity contribution in [1.82, 2.24) is 25.5 Å². The maximum absolute atomic E-state index is 13.6. The number of amides is 2. The number of pyridine rings is 1. The molecule has 0 unspecified atom stereocenters. The first kappa shape index (κ1) is 20.0. The number of aromatic nitrogens is 4. The Bertz CT molecular complexity index is 1200. The lowest BCUT2D eigenvalue weighted by Gasteiger charge is -2.18. The second-order valence-corrected chi connectivity index (χ2v) is 6.80. The molecule has 10 nitrogen and oxygen atoms in total. The van der Waals surface area contributed by atoms with Gasteiger partial charge in [0.25, 0.3) is 11.8 Å². The molecule has 3 aromatic rings. The number of fused-ring (bicyclic) bond motifs is 1. The van der Waals surface area contributed by atoms with Crippen molar-refractivity contribution in [3.63, 3.8) is 0 Å². The zero-order chi connectivity index (χ0) is 22.0. The second kappa shape index (κ2) is 8.19. The average Bonchev–Trinajstić information content (AvgIpc) is 3.19. The predicted molar refractivity (Wildman–Crippen MR) is 105 cm³/mol. The number of halogens is 1. The van der Waals surface area contributed by atoms with Gasteiger partial charge in [-0.25, -0.2) is 14.4 Å². The van der Waals surface area contributed by atoms with Crippen molar-refractivity contribution in [2.24, 2.45) is 0 Å². The fourth-order valence-electron chi connectivity index (χ4n) is 3.14. The van der Waals surface area contributed by atoms with Crippen LogP contribution in [0, 0.1) is 17.1 Å². The van der Waals surface area contributed by atoms with Crippen LogP contribution in [0.15, 0.2) is 36.5 Å². The number of likely N-dealkylation sites (N-methyl/N-ethyl adjacent to an activating group) is 1. The van der Waals surface area contributed by atoms with Crippen LogP contribution in [0.3, 0.4) is 0 Å². The highest BCUT2D eigenvalue weighted by Gasteiger charge is 2.32. The zero-order valence-corrected chi connectivity index (χ0v) is 16.3. The van der Waals surface area contributed by atoms with E-state index in [4.69, 9.17) is 10.00 Å². The molecule has 0 saturated heterocycles. The van der Waals surface area contributed by atoms with Gasteiger partial charge in [0, 0.05) is 19.7 Å². The summed E-state index contributed by atoms with van der Waals surface area (Å²) in [4.78, 5) is 34.8. The Kier molecular flexibility index (Phi) is 5.28. The van der Waals surface area contributed by atoms with E-state index in [9.17, 15) is 14.0 Å². The van der Waals surface area contributed by atoms with Gasteiger partial charge in [0.15, 0.2) is 11.6 Å². The number of carbonyl (C=O) groups is 2. The van der Waals surface area contributed by atoms with Crippen molar-refractivity contribution in [1.29, 1.82) is 5.26 Å². The van der Waals surface area contributed by atoms with Crippen molar-refractivity contribution < 1.29 is 18.7 Å². The number of H-pyrrole nitrogens is 1. The number of nitriles is 1. The number of nitrogens with zero attached hydrogens (tertiary/aromatic N) is 5. The van der Waals surface area contributed by atoms with Gasteiger partial charge in [-0.2, -0.15) is 5.26 Å². The largest absolute Gasteiger partial charge is 0.487 e. The van der Waals surface area contributed by atoms with Crippen LogP contribution in [0.25, 0.3) is 0 Å². The summed E-state index contributed by atoms with van der Waals surface area (Å²) in [5.74, 6) is -0.700. The summed E-state index contributed by atoms with van der Waals surface area (Å²) < 4.78 is 19.2. The van der Waals surface area contributed by atoms with E-state index in [0.29, 0.717) is 23.0 Å². The quantitative estimate of drug-likeness (QED) is 0.640.